The topological polar surface area (TPSA) is 84.0 Å². The van der Waals surface area contributed by atoms with E-state index in [0.29, 0.717) is 35.0 Å². The van der Waals surface area contributed by atoms with Crippen LogP contribution in [0.1, 0.15) is 25.6 Å². The number of ketones is 1. The maximum atomic E-state index is 12.5. The summed E-state index contributed by atoms with van der Waals surface area (Å²) in [6.45, 7) is 0.870. The molecule has 0 aliphatic carbocycles. The molecule has 2 N–H and O–H groups in total. The van der Waals surface area contributed by atoms with Crippen molar-refractivity contribution in [3.63, 3.8) is 0 Å². The first kappa shape index (κ1) is 16.8. The molecule has 2 heterocycles. The average molecular weight is 352 g/mol. The zero-order chi connectivity index (χ0) is 17.5. The van der Waals surface area contributed by atoms with Gasteiger partial charge in [-0.05, 0) is 23.6 Å². The maximum Gasteiger partial charge on any atom is 0.252 e. The molecule has 0 radical (unpaired) electrons. The number of aromatic nitrogens is 2. The zero-order valence-electron chi connectivity index (χ0n) is 13.3. The summed E-state index contributed by atoms with van der Waals surface area (Å²) in [6, 6.07) is 12.1. The van der Waals surface area contributed by atoms with Crippen LogP contribution < -0.4 is 10.6 Å². The number of benzene rings is 1. The third-order valence-corrected chi connectivity index (χ3v) is 4.29. The summed E-state index contributed by atoms with van der Waals surface area (Å²) in [5, 5.41) is 7.65. The summed E-state index contributed by atoms with van der Waals surface area (Å²) in [6.07, 6.45) is 3.28. The Balaban J connectivity index is 1.61. The largest absolute Gasteiger partial charge is 0.352 e. The first-order chi connectivity index (χ1) is 12.3. The Bertz CT molecular complexity index is 851. The molecule has 7 heteroatoms. The lowest BCUT2D eigenvalue weighted by molar-refractivity contribution is 0.0944. The zero-order valence-corrected chi connectivity index (χ0v) is 14.1. The summed E-state index contributed by atoms with van der Waals surface area (Å²) < 4.78 is 0. The summed E-state index contributed by atoms with van der Waals surface area (Å²) in [4.78, 5) is 33.7. The molecule has 0 aliphatic heterocycles. The van der Waals surface area contributed by atoms with Crippen molar-refractivity contribution in [2.24, 2.45) is 0 Å². The number of nitrogens with zero attached hydrogens (tertiary/aromatic N) is 2. The van der Waals surface area contributed by atoms with Gasteiger partial charge in [0.15, 0.2) is 0 Å². The Morgan fingerprint density at radius 3 is 2.40 bits per heavy atom. The van der Waals surface area contributed by atoms with Crippen LogP contribution in [-0.2, 0) is 0 Å². The second kappa shape index (κ2) is 8.16. The fourth-order valence-electron chi connectivity index (χ4n) is 2.26. The predicted octanol–water partition coefficient (Wildman–Crippen LogP) is 2.61. The Morgan fingerprint density at radius 2 is 1.68 bits per heavy atom. The number of hydrogen-bond donors (Lipinski definition) is 2. The van der Waals surface area contributed by atoms with E-state index in [4.69, 9.17) is 0 Å². The van der Waals surface area contributed by atoms with Crippen LogP contribution in [0.25, 0.3) is 0 Å². The highest BCUT2D eigenvalue weighted by Gasteiger charge is 2.18. The van der Waals surface area contributed by atoms with Gasteiger partial charge in [-0.1, -0.05) is 24.3 Å². The number of carbonyl (C=O) groups is 2. The van der Waals surface area contributed by atoms with Gasteiger partial charge in [-0.15, -0.1) is 11.3 Å². The van der Waals surface area contributed by atoms with Crippen molar-refractivity contribution < 1.29 is 9.59 Å². The third-order valence-electron chi connectivity index (χ3n) is 3.42. The molecule has 0 saturated heterocycles. The molecule has 25 heavy (non-hydrogen) atoms. The van der Waals surface area contributed by atoms with Gasteiger partial charge in [-0.25, -0.2) is 9.97 Å². The Kier molecular flexibility index (Phi) is 5.48. The number of rotatable bonds is 7. The first-order valence-corrected chi connectivity index (χ1v) is 8.60. The standard InChI is InChI=1S/C18H16N4O2S/c23-16(15-7-3-12-25-15)13-5-1-2-6-14(13)17(24)19-10-11-22-18-20-8-4-9-21-18/h1-9,12H,10-11H2,(H,19,24)(H,20,21,22). The van der Waals surface area contributed by atoms with E-state index >= 15 is 0 Å². The molecule has 0 fully saturated rings. The Labute approximate surface area is 149 Å². The fourth-order valence-corrected chi connectivity index (χ4v) is 2.93. The number of thiophene rings is 1. The number of nitrogens with one attached hydrogen (secondary N) is 2. The Hall–Kier alpha value is -3.06. The summed E-state index contributed by atoms with van der Waals surface area (Å²) in [5.41, 5.74) is 0.777. The van der Waals surface area contributed by atoms with E-state index in [1.54, 1.807) is 48.8 Å². The molecule has 2 aromatic heterocycles. The van der Waals surface area contributed by atoms with Crippen LogP contribution in [0.15, 0.2) is 60.2 Å². The van der Waals surface area contributed by atoms with Crippen LogP contribution in [-0.4, -0.2) is 34.7 Å². The van der Waals surface area contributed by atoms with E-state index in [0.717, 1.165) is 0 Å². The number of anilines is 1. The van der Waals surface area contributed by atoms with E-state index in [2.05, 4.69) is 20.6 Å². The molecular weight excluding hydrogens is 336 g/mol. The lowest BCUT2D eigenvalue weighted by Crippen LogP contribution is -2.30. The summed E-state index contributed by atoms with van der Waals surface area (Å²) in [7, 11) is 0. The van der Waals surface area contributed by atoms with Crippen molar-refractivity contribution in [3.05, 3.63) is 76.2 Å². The van der Waals surface area contributed by atoms with E-state index in [1.807, 2.05) is 11.4 Å². The lowest BCUT2D eigenvalue weighted by atomic mass is 10.0. The van der Waals surface area contributed by atoms with Gasteiger partial charge in [-0.3, -0.25) is 9.59 Å². The van der Waals surface area contributed by atoms with E-state index < -0.39 is 0 Å². The molecule has 3 aromatic rings. The minimum Gasteiger partial charge on any atom is -0.352 e. The van der Waals surface area contributed by atoms with Crippen molar-refractivity contribution in [1.82, 2.24) is 15.3 Å². The van der Waals surface area contributed by atoms with Gasteiger partial charge >= 0.3 is 0 Å². The smallest absolute Gasteiger partial charge is 0.252 e. The van der Waals surface area contributed by atoms with Gasteiger partial charge < -0.3 is 10.6 Å². The summed E-state index contributed by atoms with van der Waals surface area (Å²) >= 11 is 1.36. The highest BCUT2D eigenvalue weighted by Crippen LogP contribution is 2.18. The minimum atomic E-state index is -0.281. The predicted molar refractivity (Wildman–Crippen MR) is 97.0 cm³/mol. The van der Waals surface area contributed by atoms with E-state index in [1.165, 1.54) is 11.3 Å². The van der Waals surface area contributed by atoms with Gasteiger partial charge in [0.1, 0.15) is 0 Å². The summed E-state index contributed by atoms with van der Waals surface area (Å²) in [5.74, 6) is 0.0814. The van der Waals surface area contributed by atoms with E-state index in [9.17, 15) is 9.59 Å². The van der Waals surface area contributed by atoms with Gasteiger partial charge in [0, 0.05) is 31.0 Å². The molecule has 1 aromatic carbocycles. The maximum absolute atomic E-state index is 12.5. The van der Waals surface area contributed by atoms with Crippen LogP contribution in [0.3, 0.4) is 0 Å². The molecule has 0 spiro atoms. The molecular formula is C18H16N4O2S. The molecule has 0 saturated carbocycles. The van der Waals surface area contributed by atoms with Crippen molar-refractivity contribution in [2.45, 2.75) is 0 Å². The molecule has 1 amide bonds. The number of hydrogen-bond acceptors (Lipinski definition) is 6. The van der Waals surface area contributed by atoms with Crippen LogP contribution in [0.4, 0.5) is 5.95 Å². The first-order valence-electron chi connectivity index (χ1n) is 7.72. The average Bonchev–Trinajstić information content (AvgIpc) is 3.20. The second-order valence-electron chi connectivity index (χ2n) is 5.11. The van der Waals surface area contributed by atoms with Crippen molar-refractivity contribution in [2.75, 3.05) is 18.4 Å². The highest BCUT2D eigenvalue weighted by atomic mass is 32.1. The lowest BCUT2D eigenvalue weighted by Gasteiger charge is -2.09. The van der Waals surface area contributed by atoms with Crippen molar-refractivity contribution >= 4 is 29.0 Å². The minimum absolute atomic E-state index is 0.142. The second-order valence-corrected chi connectivity index (χ2v) is 6.05. The molecule has 126 valence electrons. The molecule has 0 unspecified atom stereocenters. The monoisotopic (exact) mass is 352 g/mol. The van der Waals surface area contributed by atoms with Gasteiger partial charge in [0.05, 0.1) is 10.4 Å². The van der Waals surface area contributed by atoms with Crippen LogP contribution >= 0.6 is 11.3 Å². The fraction of sp³-hybridized carbons (Fsp3) is 0.111. The van der Waals surface area contributed by atoms with Crippen molar-refractivity contribution in [3.8, 4) is 0 Å². The molecule has 0 bridgehead atoms. The quantitative estimate of drug-likeness (QED) is 0.504. The normalized spacial score (nSPS) is 10.2. The molecule has 6 nitrogen and oxygen atoms in total. The SMILES string of the molecule is O=C(NCCNc1ncccn1)c1ccccc1C(=O)c1cccs1. The highest BCUT2D eigenvalue weighted by molar-refractivity contribution is 7.12. The number of amides is 1. The van der Waals surface area contributed by atoms with Crippen molar-refractivity contribution in [1.29, 1.82) is 0 Å². The molecule has 0 atom stereocenters. The van der Waals surface area contributed by atoms with Crippen LogP contribution in [0, 0.1) is 0 Å². The van der Waals surface area contributed by atoms with Gasteiger partial charge in [0.25, 0.3) is 5.91 Å². The van der Waals surface area contributed by atoms with Crippen LogP contribution in [0.5, 0.6) is 0 Å². The van der Waals surface area contributed by atoms with Gasteiger partial charge in [0.2, 0.25) is 11.7 Å². The third kappa shape index (κ3) is 4.27. The van der Waals surface area contributed by atoms with Gasteiger partial charge in [-0.2, -0.15) is 0 Å². The molecule has 0 aliphatic rings. The number of carbonyl (C=O) groups excluding carboxylic acids is 2. The Morgan fingerprint density at radius 1 is 0.920 bits per heavy atom. The van der Waals surface area contributed by atoms with Crippen LogP contribution in [0.2, 0.25) is 0 Å². The molecule has 3 rings (SSSR count). The van der Waals surface area contributed by atoms with E-state index in [-0.39, 0.29) is 11.7 Å².